The summed E-state index contributed by atoms with van der Waals surface area (Å²) in [5, 5.41) is 14.2. The van der Waals surface area contributed by atoms with Gasteiger partial charge in [0.25, 0.3) is 5.91 Å². The molecule has 8 heteroatoms. The van der Waals surface area contributed by atoms with Gasteiger partial charge in [0.1, 0.15) is 11.7 Å². The number of aryl methyl sites for hydroxylation is 1. The van der Waals surface area contributed by atoms with Gasteiger partial charge in [0.05, 0.1) is 18.1 Å². The summed E-state index contributed by atoms with van der Waals surface area (Å²) in [5.74, 6) is -0.556. The SMILES string of the molecule is Cc1cccc2[nH]c(C(=O)N[C@@H](CC(C)C)C(=O)N3C[C@]4(C[C@H]3CO)C(=O)N(C)c3ccccc34)cc12. The Morgan fingerprint density at radius 1 is 1.19 bits per heavy atom. The van der Waals surface area contributed by atoms with E-state index in [9.17, 15) is 19.5 Å². The summed E-state index contributed by atoms with van der Waals surface area (Å²) in [4.78, 5) is 47.1. The number of carbonyl (C=O) groups is 3. The zero-order valence-corrected chi connectivity index (χ0v) is 21.7. The molecule has 3 N–H and O–H groups in total. The van der Waals surface area contributed by atoms with Crippen molar-refractivity contribution in [1.82, 2.24) is 15.2 Å². The Balaban J connectivity index is 1.43. The standard InChI is InChI=1S/C29H34N4O4/c1-17(2)12-24(31-26(35)23-13-20-18(3)8-7-10-22(20)30-23)27(36)33-16-29(14-19(33)15-34)21-9-5-6-11-25(21)32(4)28(29)37/h5-11,13,17,19,24,30,34H,12,14-16H2,1-4H3,(H,31,35)/t19-,24-,29-/m0/s1. The molecule has 0 aliphatic carbocycles. The van der Waals surface area contributed by atoms with Crippen LogP contribution in [0.25, 0.3) is 10.9 Å². The summed E-state index contributed by atoms with van der Waals surface area (Å²) in [6, 6.07) is 14.0. The van der Waals surface area contributed by atoms with Gasteiger partial charge in [-0.2, -0.15) is 0 Å². The summed E-state index contributed by atoms with van der Waals surface area (Å²) >= 11 is 0. The number of nitrogens with zero attached hydrogens (tertiary/aromatic N) is 2. The molecule has 3 heterocycles. The van der Waals surface area contributed by atoms with Crippen LogP contribution in [0.3, 0.4) is 0 Å². The Hall–Kier alpha value is -3.65. The zero-order valence-electron chi connectivity index (χ0n) is 21.7. The number of amides is 3. The quantitative estimate of drug-likeness (QED) is 0.482. The number of aliphatic hydroxyl groups is 1. The van der Waals surface area contributed by atoms with Gasteiger partial charge in [-0.1, -0.05) is 44.2 Å². The van der Waals surface area contributed by atoms with Crippen molar-refractivity contribution in [3.8, 4) is 0 Å². The zero-order chi connectivity index (χ0) is 26.5. The van der Waals surface area contributed by atoms with Crippen LogP contribution in [0.2, 0.25) is 0 Å². The van der Waals surface area contributed by atoms with Gasteiger partial charge < -0.3 is 25.2 Å². The number of para-hydroxylation sites is 1. The fourth-order valence-corrected chi connectivity index (χ4v) is 6.04. The number of aromatic amines is 1. The summed E-state index contributed by atoms with van der Waals surface area (Å²) in [6.07, 6.45) is 0.787. The van der Waals surface area contributed by atoms with Crippen molar-refractivity contribution < 1.29 is 19.5 Å². The number of likely N-dealkylation sites (N-methyl/N-ethyl adjacent to an activating group) is 1. The molecular formula is C29H34N4O4. The highest BCUT2D eigenvalue weighted by Crippen LogP contribution is 2.48. The maximum Gasteiger partial charge on any atom is 0.268 e. The van der Waals surface area contributed by atoms with Crippen LogP contribution in [-0.4, -0.2) is 65.0 Å². The molecule has 194 valence electrons. The molecule has 37 heavy (non-hydrogen) atoms. The predicted molar refractivity (Wildman–Crippen MR) is 142 cm³/mol. The third-order valence-corrected chi connectivity index (χ3v) is 7.89. The lowest BCUT2D eigenvalue weighted by atomic mass is 9.79. The smallest absolute Gasteiger partial charge is 0.268 e. The first-order valence-electron chi connectivity index (χ1n) is 12.8. The van der Waals surface area contributed by atoms with E-state index in [1.807, 2.05) is 69.3 Å². The molecule has 1 saturated heterocycles. The third-order valence-electron chi connectivity index (χ3n) is 7.89. The van der Waals surface area contributed by atoms with Crippen molar-refractivity contribution in [3.63, 3.8) is 0 Å². The number of fused-ring (bicyclic) bond motifs is 3. The van der Waals surface area contributed by atoms with Crippen LogP contribution < -0.4 is 10.2 Å². The van der Waals surface area contributed by atoms with Crippen molar-refractivity contribution in [1.29, 1.82) is 0 Å². The van der Waals surface area contributed by atoms with Gasteiger partial charge in [0.15, 0.2) is 0 Å². The van der Waals surface area contributed by atoms with E-state index in [1.165, 1.54) is 0 Å². The second-order valence-electron chi connectivity index (χ2n) is 10.8. The minimum absolute atomic E-state index is 0.0691. The number of aliphatic hydroxyl groups excluding tert-OH is 1. The Morgan fingerprint density at radius 3 is 2.65 bits per heavy atom. The lowest BCUT2D eigenvalue weighted by Crippen LogP contribution is -2.52. The van der Waals surface area contributed by atoms with Gasteiger partial charge in [-0.05, 0) is 55.0 Å². The molecule has 8 nitrogen and oxygen atoms in total. The average Bonchev–Trinajstić information content (AvgIpc) is 3.55. The summed E-state index contributed by atoms with van der Waals surface area (Å²) < 4.78 is 0. The highest BCUT2D eigenvalue weighted by molar-refractivity contribution is 6.09. The number of likely N-dealkylation sites (tertiary alicyclic amines) is 1. The second kappa shape index (κ2) is 9.34. The van der Waals surface area contributed by atoms with Crippen LogP contribution in [-0.2, 0) is 15.0 Å². The van der Waals surface area contributed by atoms with Crippen molar-refractivity contribution in [2.75, 3.05) is 25.1 Å². The number of H-pyrrole nitrogens is 1. The fourth-order valence-electron chi connectivity index (χ4n) is 6.04. The van der Waals surface area contributed by atoms with Gasteiger partial charge >= 0.3 is 0 Å². The molecule has 0 bridgehead atoms. The Morgan fingerprint density at radius 2 is 1.95 bits per heavy atom. The number of aromatic nitrogens is 1. The van der Waals surface area contributed by atoms with Crippen LogP contribution in [0, 0.1) is 12.8 Å². The van der Waals surface area contributed by atoms with Crippen LogP contribution in [0.5, 0.6) is 0 Å². The molecule has 1 aromatic heterocycles. The van der Waals surface area contributed by atoms with E-state index in [1.54, 1.807) is 16.8 Å². The number of benzene rings is 2. The molecule has 3 amide bonds. The van der Waals surface area contributed by atoms with Crippen LogP contribution in [0.4, 0.5) is 5.69 Å². The monoisotopic (exact) mass is 502 g/mol. The molecule has 2 aliphatic rings. The first-order valence-corrected chi connectivity index (χ1v) is 12.8. The van der Waals surface area contributed by atoms with E-state index in [0.717, 1.165) is 27.7 Å². The Kier molecular flexibility index (Phi) is 6.31. The van der Waals surface area contributed by atoms with Crippen LogP contribution in [0.1, 0.15) is 48.3 Å². The number of hydrogen-bond donors (Lipinski definition) is 3. The van der Waals surface area contributed by atoms with E-state index in [-0.39, 0.29) is 36.8 Å². The van der Waals surface area contributed by atoms with E-state index < -0.39 is 17.5 Å². The van der Waals surface area contributed by atoms with Crippen molar-refractivity contribution in [2.45, 2.75) is 51.1 Å². The largest absolute Gasteiger partial charge is 0.394 e. The molecule has 2 aliphatic heterocycles. The minimum Gasteiger partial charge on any atom is -0.394 e. The molecule has 0 radical (unpaired) electrons. The van der Waals surface area contributed by atoms with E-state index >= 15 is 0 Å². The molecular weight excluding hydrogens is 468 g/mol. The highest BCUT2D eigenvalue weighted by atomic mass is 16.3. The summed E-state index contributed by atoms with van der Waals surface area (Å²) in [5.41, 5.74) is 3.14. The first kappa shape index (κ1) is 25.0. The van der Waals surface area contributed by atoms with Crippen molar-refractivity contribution in [3.05, 3.63) is 65.4 Å². The molecule has 0 saturated carbocycles. The lowest BCUT2D eigenvalue weighted by Gasteiger charge is -2.29. The number of nitrogens with one attached hydrogen (secondary N) is 2. The Labute approximate surface area is 216 Å². The van der Waals surface area contributed by atoms with Crippen LogP contribution in [0.15, 0.2) is 48.5 Å². The lowest BCUT2D eigenvalue weighted by molar-refractivity contribution is -0.135. The predicted octanol–water partition coefficient (Wildman–Crippen LogP) is 3.13. The molecule has 5 rings (SSSR count). The van der Waals surface area contributed by atoms with Gasteiger partial charge in [0, 0.05) is 30.2 Å². The van der Waals surface area contributed by atoms with E-state index in [4.69, 9.17) is 0 Å². The number of carbonyl (C=O) groups excluding carboxylic acids is 3. The minimum atomic E-state index is -0.893. The Bertz CT molecular complexity index is 1380. The highest BCUT2D eigenvalue weighted by Gasteiger charge is 2.57. The van der Waals surface area contributed by atoms with E-state index in [2.05, 4.69) is 10.3 Å². The van der Waals surface area contributed by atoms with Crippen LogP contribution >= 0.6 is 0 Å². The molecule has 0 unspecified atom stereocenters. The second-order valence-corrected chi connectivity index (χ2v) is 10.8. The van der Waals surface area contributed by atoms with Gasteiger partial charge in [0.2, 0.25) is 11.8 Å². The summed E-state index contributed by atoms with van der Waals surface area (Å²) in [6.45, 7) is 5.91. The first-order chi connectivity index (χ1) is 17.7. The van der Waals surface area contributed by atoms with Crippen molar-refractivity contribution >= 4 is 34.3 Å². The molecule has 3 aromatic rings. The molecule has 1 spiro atoms. The van der Waals surface area contributed by atoms with Crippen molar-refractivity contribution in [2.24, 2.45) is 5.92 Å². The maximum absolute atomic E-state index is 13.9. The maximum atomic E-state index is 13.9. The van der Waals surface area contributed by atoms with Gasteiger partial charge in [-0.15, -0.1) is 0 Å². The van der Waals surface area contributed by atoms with E-state index in [0.29, 0.717) is 18.5 Å². The number of rotatable bonds is 6. The molecule has 3 atom stereocenters. The van der Waals surface area contributed by atoms with Gasteiger partial charge in [-0.3, -0.25) is 14.4 Å². The summed E-state index contributed by atoms with van der Waals surface area (Å²) in [7, 11) is 1.75. The third kappa shape index (κ3) is 4.09. The molecule has 1 fully saturated rings. The number of hydrogen-bond acceptors (Lipinski definition) is 4. The fraction of sp³-hybridized carbons (Fsp3) is 0.414. The topological polar surface area (TPSA) is 106 Å². The number of anilines is 1. The molecule has 2 aromatic carbocycles. The average molecular weight is 503 g/mol. The normalized spacial score (nSPS) is 21.8. The van der Waals surface area contributed by atoms with Gasteiger partial charge in [-0.25, -0.2) is 0 Å².